The fourth-order valence-electron chi connectivity index (χ4n) is 6.14. The Labute approximate surface area is 234 Å². The number of anilines is 1. The van der Waals surface area contributed by atoms with Crippen molar-refractivity contribution >= 4 is 17.5 Å². The number of hydrogen-bond acceptors (Lipinski definition) is 7. The summed E-state index contributed by atoms with van der Waals surface area (Å²) in [4.78, 5) is 29.3. The molecule has 1 aromatic carbocycles. The summed E-state index contributed by atoms with van der Waals surface area (Å²) in [5.74, 6) is 1.68. The first kappa shape index (κ1) is 26.4. The maximum absolute atomic E-state index is 13.7. The Morgan fingerprint density at radius 1 is 1.02 bits per heavy atom. The van der Waals surface area contributed by atoms with Crippen molar-refractivity contribution in [1.29, 1.82) is 0 Å². The molecule has 4 aromatic rings. The minimum atomic E-state index is 0. The average molecular weight is 544 g/mol. The second-order valence-electron chi connectivity index (χ2n) is 11.2. The molecule has 40 heavy (non-hydrogen) atoms. The van der Waals surface area contributed by atoms with Gasteiger partial charge in [-0.3, -0.25) is 14.9 Å². The molecule has 2 amide bonds. The highest BCUT2D eigenvalue weighted by atomic mass is 16.5. The number of carbonyl (C=O) groups is 1. The topological polar surface area (TPSA) is 108 Å². The molecule has 0 aliphatic carbocycles. The van der Waals surface area contributed by atoms with Crippen molar-refractivity contribution in [2.45, 2.75) is 52.4 Å². The van der Waals surface area contributed by atoms with Gasteiger partial charge in [0.15, 0.2) is 11.5 Å². The van der Waals surface area contributed by atoms with Gasteiger partial charge in [0, 0.05) is 50.0 Å². The zero-order valence-corrected chi connectivity index (χ0v) is 22.3. The number of aromatic nitrogens is 6. The quantitative estimate of drug-likeness (QED) is 0.376. The molecule has 3 aromatic heterocycles. The molecule has 3 aliphatic heterocycles. The summed E-state index contributed by atoms with van der Waals surface area (Å²) in [6, 6.07) is 10.0. The average Bonchev–Trinajstić information content (AvgIpc) is 3.74. The van der Waals surface area contributed by atoms with E-state index in [4.69, 9.17) is 9.72 Å². The van der Waals surface area contributed by atoms with E-state index in [0.29, 0.717) is 30.5 Å². The predicted octanol–water partition coefficient (Wildman–Crippen LogP) is 3.95. The number of urea groups is 1. The third kappa shape index (κ3) is 4.73. The smallest absolute Gasteiger partial charge is 0.326 e. The van der Waals surface area contributed by atoms with Crippen LogP contribution in [0.15, 0.2) is 49.1 Å². The number of fused-ring (bicyclic) bond motifs is 3. The number of H-pyrrole nitrogens is 1. The van der Waals surface area contributed by atoms with Crippen molar-refractivity contribution in [1.82, 2.24) is 39.6 Å². The summed E-state index contributed by atoms with van der Waals surface area (Å²) in [6.45, 7) is 8.59. The molecule has 11 heteroatoms. The lowest BCUT2D eigenvalue weighted by Crippen LogP contribution is -2.46. The zero-order valence-electron chi connectivity index (χ0n) is 22.3. The predicted molar refractivity (Wildman–Crippen MR) is 153 cm³/mol. The number of morpholine rings is 1. The Morgan fingerprint density at radius 3 is 2.48 bits per heavy atom. The Hall–Kier alpha value is -3.83. The van der Waals surface area contributed by atoms with E-state index in [1.54, 1.807) is 4.52 Å². The van der Waals surface area contributed by atoms with Gasteiger partial charge in [0.1, 0.15) is 12.1 Å². The van der Waals surface area contributed by atoms with Gasteiger partial charge in [0.05, 0.1) is 24.4 Å². The highest BCUT2D eigenvalue weighted by Crippen LogP contribution is 2.31. The molecule has 2 bridgehead atoms. The molecule has 0 radical (unpaired) electrons. The van der Waals surface area contributed by atoms with Crippen LogP contribution in [0, 0.1) is 5.92 Å². The van der Waals surface area contributed by atoms with Gasteiger partial charge >= 0.3 is 6.03 Å². The Bertz CT molecular complexity index is 1450. The Kier molecular flexibility index (Phi) is 7.01. The molecule has 210 valence electrons. The Balaban J connectivity index is 0.00000289. The first-order chi connectivity index (χ1) is 19.0. The highest BCUT2D eigenvalue weighted by Gasteiger charge is 2.41. The standard InChI is InChI=1S/C28H33N9O2.CH4/c1-18(2)24-16-35(12-11-34-14-21-7-8-22(15-34)39-21)28(38)37(24)25-9-10-36-27(32-25)23(13-31-36)19-3-5-20(6-4-19)26-29-17-30-33-26;/h3-6,9-10,13,17-18,21-22,24H,7-8,11-12,14-16H2,1-2H3,(H,29,30,33);1H4/t21?,22?,24-;/m1./s1. The van der Waals surface area contributed by atoms with E-state index < -0.39 is 0 Å². The molecule has 3 saturated heterocycles. The molecular formula is C29H37N9O2. The number of rotatable bonds is 7. The van der Waals surface area contributed by atoms with Gasteiger partial charge < -0.3 is 9.64 Å². The molecule has 3 aliphatic rings. The van der Waals surface area contributed by atoms with Crippen molar-refractivity contribution in [2.75, 3.05) is 37.6 Å². The number of aromatic amines is 1. The normalized spacial score (nSPS) is 23.0. The number of carbonyl (C=O) groups excluding carboxylic acids is 1. The van der Waals surface area contributed by atoms with Crippen LogP contribution in [0.5, 0.6) is 0 Å². The van der Waals surface area contributed by atoms with Crippen molar-refractivity contribution in [3.05, 3.63) is 49.1 Å². The number of nitrogens with zero attached hydrogens (tertiary/aromatic N) is 8. The molecule has 3 fully saturated rings. The van der Waals surface area contributed by atoms with Crippen molar-refractivity contribution in [2.24, 2.45) is 5.92 Å². The van der Waals surface area contributed by atoms with Gasteiger partial charge in [-0.05, 0) is 30.4 Å². The molecular weight excluding hydrogens is 506 g/mol. The lowest BCUT2D eigenvalue weighted by molar-refractivity contribution is -0.0391. The van der Waals surface area contributed by atoms with E-state index in [-0.39, 0.29) is 19.5 Å². The second-order valence-corrected chi connectivity index (χ2v) is 11.2. The van der Waals surface area contributed by atoms with Crippen LogP contribution in [-0.4, -0.2) is 96.6 Å². The van der Waals surface area contributed by atoms with Crippen LogP contribution in [0.3, 0.4) is 0 Å². The van der Waals surface area contributed by atoms with Crippen LogP contribution in [0.1, 0.15) is 34.1 Å². The third-order valence-electron chi connectivity index (χ3n) is 8.28. The molecule has 0 saturated carbocycles. The zero-order chi connectivity index (χ0) is 26.5. The highest BCUT2D eigenvalue weighted by molar-refractivity contribution is 5.94. The fourth-order valence-corrected chi connectivity index (χ4v) is 6.14. The Morgan fingerprint density at radius 2 is 1.77 bits per heavy atom. The summed E-state index contributed by atoms with van der Waals surface area (Å²) in [5.41, 5.74) is 3.57. The number of ether oxygens (including phenoxy) is 1. The van der Waals surface area contributed by atoms with E-state index in [9.17, 15) is 4.79 Å². The van der Waals surface area contributed by atoms with Gasteiger partial charge in [-0.2, -0.15) is 10.2 Å². The number of amides is 2. The van der Waals surface area contributed by atoms with Gasteiger partial charge in [-0.15, -0.1) is 0 Å². The summed E-state index contributed by atoms with van der Waals surface area (Å²) in [5, 5.41) is 11.3. The third-order valence-corrected chi connectivity index (χ3v) is 8.28. The van der Waals surface area contributed by atoms with Gasteiger partial charge in [0.25, 0.3) is 0 Å². The molecule has 2 unspecified atom stereocenters. The van der Waals surface area contributed by atoms with Crippen LogP contribution < -0.4 is 4.90 Å². The number of nitrogens with one attached hydrogen (secondary N) is 1. The van der Waals surface area contributed by atoms with Crippen molar-refractivity contribution in [3.63, 3.8) is 0 Å². The molecule has 0 spiro atoms. The summed E-state index contributed by atoms with van der Waals surface area (Å²) < 4.78 is 7.75. The lowest BCUT2D eigenvalue weighted by Gasteiger charge is -2.33. The van der Waals surface area contributed by atoms with E-state index in [0.717, 1.165) is 67.2 Å². The lowest BCUT2D eigenvalue weighted by atomic mass is 10.0. The maximum atomic E-state index is 13.7. The van der Waals surface area contributed by atoms with Crippen LogP contribution in [-0.2, 0) is 4.74 Å². The molecule has 7 rings (SSSR count). The van der Waals surface area contributed by atoms with E-state index in [1.165, 1.54) is 6.33 Å². The van der Waals surface area contributed by atoms with Gasteiger partial charge in [0.2, 0.25) is 0 Å². The van der Waals surface area contributed by atoms with Gasteiger partial charge in [-0.25, -0.2) is 19.3 Å². The van der Waals surface area contributed by atoms with Crippen LogP contribution >= 0.6 is 0 Å². The van der Waals surface area contributed by atoms with Crippen molar-refractivity contribution in [3.8, 4) is 22.5 Å². The van der Waals surface area contributed by atoms with Gasteiger partial charge in [-0.1, -0.05) is 45.5 Å². The first-order valence-corrected chi connectivity index (χ1v) is 13.8. The van der Waals surface area contributed by atoms with Crippen LogP contribution in [0.2, 0.25) is 0 Å². The summed E-state index contributed by atoms with van der Waals surface area (Å²) in [7, 11) is 0. The summed E-state index contributed by atoms with van der Waals surface area (Å²) >= 11 is 0. The fraction of sp³-hybridized carbons (Fsp3) is 0.483. The largest absolute Gasteiger partial charge is 0.372 e. The number of benzene rings is 1. The molecule has 11 nitrogen and oxygen atoms in total. The monoisotopic (exact) mass is 543 g/mol. The number of hydrogen-bond donors (Lipinski definition) is 1. The maximum Gasteiger partial charge on any atom is 0.326 e. The molecule has 6 heterocycles. The van der Waals surface area contributed by atoms with Crippen LogP contribution in [0.4, 0.5) is 10.6 Å². The molecule has 1 N–H and O–H groups in total. The number of likely N-dealkylation sites (tertiary alicyclic amines) is 1. The SMILES string of the molecule is C.CC(C)[C@H]1CN(CCN2CC3CCC(C2)O3)C(=O)N1c1ccn2ncc(-c3ccc(-c4ncn[nH]4)cc3)c2n1. The van der Waals surface area contributed by atoms with Crippen LogP contribution in [0.25, 0.3) is 28.2 Å². The first-order valence-electron chi connectivity index (χ1n) is 13.8. The van der Waals surface area contributed by atoms with E-state index in [1.807, 2.05) is 52.5 Å². The molecule has 3 atom stereocenters. The van der Waals surface area contributed by atoms with Crippen molar-refractivity contribution < 1.29 is 9.53 Å². The minimum absolute atomic E-state index is 0. The second kappa shape index (κ2) is 10.6. The summed E-state index contributed by atoms with van der Waals surface area (Å²) in [6.07, 6.45) is 8.24. The van der Waals surface area contributed by atoms with E-state index >= 15 is 0 Å². The van der Waals surface area contributed by atoms with E-state index in [2.05, 4.69) is 39.0 Å². The minimum Gasteiger partial charge on any atom is -0.372 e.